The molecule has 35 heavy (non-hydrogen) atoms. The Hall–Kier alpha value is -3.84. The van der Waals surface area contributed by atoms with Gasteiger partial charge in [0, 0.05) is 35.6 Å². The number of rotatable bonds is 8. The second-order valence-corrected chi connectivity index (χ2v) is 9.07. The fraction of sp³-hybridized carbons (Fsp3) is 0.286. The largest absolute Gasteiger partial charge is 0.319 e. The van der Waals surface area contributed by atoms with Crippen molar-refractivity contribution in [3.8, 4) is 11.1 Å². The van der Waals surface area contributed by atoms with Gasteiger partial charge in [-0.1, -0.05) is 18.6 Å². The van der Waals surface area contributed by atoms with Gasteiger partial charge in [-0.05, 0) is 80.2 Å². The van der Waals surface area contributed by atoms with Crippen LogP contribution in [-0.4, -0.2) is 44.1 Å². The van der Waals surface area contributed by atoms with Crippen molar-refractivity contribution in [1.29, 1.82) is 0 Å². The highest BCUT2D eigenvalue weighted by molar-refractivity contribution is 6.11. The minimum atomic E-state index is -0.272. The number of nitrogens with zero attached hydrogens (tertiary/aromatic N) is 4. The number of aromatic amines is 1. The van der Waals surface area contributed by atoms with E-state index in [2.05, 4.69) is 43.0 Å². The quantitative estimate of drug-likeness (QED) is 0.341. The molecule has 3 aromatic heterocycles. The highest BCUT2D eigenvalue weighted by atomic mass is 16.1. The number of H-pyrrole nitrogens is 1. The average molecular weight is 467 g/mol. The number of nitrogens with one attached hydrogen (secondary N) is 2. The Kier molecular flexibility index (Phi) is 6.95. The molecule has 7 heteroatoms. The minimum absolute atomic E-state index is 0.272. The summed E-state index contributed by atoms with van der Waals surface area (Å²) < 4.78 is 0. The average Bonchev–Trinajstić information content (AvgIpc) is 3.33. The lowest BCUT2D eigenvalue weighted by Crippen LogP contribution is -2.29. The van der Waals surface area contributed by atoms with Crippen molar-refractivity contribution in [2.24, 2.45) is 0 Å². The minimum Gasteiger partial charge on any atom is -0.319 e. The zero-order chi connectivity index (χ0) is 24.0. The second kappa shape index (κ2) is 10.6. The Morgan fingerprint density at radius 3 is 2.74 bits per heavy atom. The lowest BCUT2D eigenvalue weighted by atomic mass is 10.0. The Labute approximate surface area is 205 Å². The summed E-state index contributed by atoms with van der Waals surface area (Å²) in [7, 11) is 0. The maximum absolute atomic E-state index is 13.0. The summed E-state index contributed by atoms with van der Waals surface area (Å²) in [6, 6.07) is 12.0. The zero-order valence-corrected chi connectivity index (χ0v) is 19.8. The summed E-state index contributed by atoms with van der Waals surface area (Å²) in [5.41, 5.74) is 6.03. The molecule has 1 aromatic carbocycles. The molecule has 0 radical (unpaired) electrons. The first-order chi connectivity index (χ1) is 17.2. The van der Waals surface area contributed by atoms with Gasteiger partial charge in [0.2, 0.25) is 0 Å². The van der Waals surface area contributed by atoms with Gasteiger partial charge >= 0.3 is 0 Å². The highest BCUT2D eigenvalue weighted by Gasteiger charge is 2.16. The molecule has 7 nitrogen and oxygen atoms in total. The van der Waals surface area contributed by atoms with Gasteiger partial charge in [0.1, 0.15) is 0 Å². The standard InChI is InChI=1S/C28H30N6O/c1-2-3-7-23-9-10-24(18-30-23)31-28(35)27-25-15-21(8-11-26(25)32-33-27)22-14-20(16-29-17-22)19-34-12-5-4-6-13-34/h2,8-11,14-18H,1,3-7,12-13,19H2,(H,31,35)(H,32,33). The van der Waals surface area contributed by atoms with E-state index >= 15 is 0 Å². The maximum atomic E-state index is 13.0. The Morgan fingerprint density at radius 1 is 1.06 bits per heavy atom. The van der Waals surface area contributed by atoms with Crippen LogP contribution in [0.2, 0.25) is 0 Å². The number of aromatic nitrogens is 4. The number of hydrogen-bond donors (Lipinski definition) is 2. The van der Waals surface area contributed by atoms with Crippen LogP contribution in [0, 0.1) is 0 Å². The molecule has 0 atom stereocenters. The molecular formula is C28H30N6O. The molecule has 4 aromatic rings. The van der Waals surface area contributed by atoms with E-state index < -0.39 is 0 Å². The third-order valence-corrected chi connectivity index (χ3v) is 6.45. The summed E-state index contributed by atoms with van der Waals surface area (Å²) in [6.07, 6.45) is 12.9. The number of piperidine rings is 1. The number of amides is 1. The molecule has 1 amide bonds. The predicted molar refractivity (Wildman–Crippen MR) is 139 cm³/mol. The van der Waals surface area contributed by atoms with Gasteiger partial charge in [-0.15, -0.1) is 6.58 Å². The molecule has 1 aliphatic heterocycles. The smallest absolute Gasteiger partial charge is 0.276 e. The number of hydrogen-bond acceptors (Lipinski definition) is 5. The predicted octanol–water partition coefficient (Wildman–Crippen LogP) is 5.38. The molecule has 1 aliphatic rings. The van der Waals surface area contributed by atoms with Crippen LogP contribution in [-0.2, 0) is 13.0 Å². The lowest BCUT2D eigenvalue weighted by Gasteiger charge is -2.26. The Bertz CT molecular complexity index is 1320. The number of aryl methyl sites for hydroxylation is 1. The van der Waals surface area contributed by atoms with Crippen molar-refractivity contribution in [2.75, 3.05) is 18.4 Å². The molecule has 0 unspecified atom stereocenters. The number of pyridine rings is 2. The van der Waals surface area contributed by atoms with Crippen molar-refractivity contribution in [3.63, 3.8) is 0 Å². The molecule has 0 aliphatic carbocycles. The van der Waals surface area contributed by atoms with Crippen molar-refractivity contribution in [2.45, 2.75) is 38.6 Å². The number of carbonyl (C=O) groups is 1. The number of benzene rings is 1. The SMILES string of the molecule is C=CCCc1ccc(NC(=O)c2n[nH]c3ccc(-c4cncc(CN5CCCCC5)c4)cc23)cn1. The summed E-state index contributed by atoms with van der Waals surface area (Å²) >= 11 is 0. The number of anilines is 1. The van der Waals surface area contributed by atoms with Gasteiger partial charge in [-0.3, -0.25) is 24.8 Å². The highest BCUT2D eigenvalue weighted by Crippen LogP contribution is 2.26. The fourth-order valence-electron chi connectivity index (χ4n) is 4.56. The summed E-state index contributed by atoms with van der Waals surface area (Å²) in [5.74, 6) is -0.272. The Morgan fingerprint density at radius 2 is 1.94 bits per heavy atom. The number of fused-ring (bicyclic) bond motifs is 1. The molecule has 1 saturated heterocycles. The van der Waals surface area contributed by atoms with Crippen LogP contribution in [0.1, 0.15) is 47.4 Å². The molecular weight excluding hydrogens is 436 g/mol. The molecule has 178 valence electrons. The van der Waals surface area contributed by atoms with Gasteiger partial charge in [-0.25, -0.2) is 0 Å². The topological polar surface area (TPSA) is 86.8 Å². The van der Waals surface area contributed by atoms with E-state index in [0.717, 1.165) is 60.2 Å². The fourth-order valence-corrected chi connectivity index (χ4v) is 4.56. The van der Waals surface area contributed by atoms with Crippen LogP contribution in [0.25, 0.3) is 22.0 Å². The zero-order valence-electron chi connectivity index (χ0n) is 19.8. The van der Waals surface area contributed by atoms with E-state index in [0.29, 0.717) is 11.4 Å². The molecule has 0 spiro atoms. The van der Waals surface area contributed by atoms with Gasteiger partial charge in [0.15, 0.2) is 5.69 Å². The van der Waals surface area contributed by atoms with Crippen LogP contribution < -0.4 is 5.32 Å². The Balaban J connectivity index is 1.34. The molecule has 4 heterocycles. The third-order valence-electron chi connectivity index (χ3n) is 6.45. The van der Waals surface area contributed by atoms with Crippen LogP contribution >= 0.6 is 0 Å². The first kappa shape index (κ1) is 22.9. The third kappa shape index (κ3) is 5.46. The normalized spacial score (nSPS) is 14.2. The second-order valence-electron chi connectivity index (χ2n) is 9.07. The van der Waals surface area contributed by atoms with E-state index in [9.17, 15) is 4.79 Å². The molecule has 0 bridgehead atoms. The van der Waals surface area contributed by atoms with Gasteiger partial charge in [0.25, 0.3) is 5.91 Å². The van der Waals surface area contributed by atoms with Gasteiger partial charge < -0.3 is 5.32 Å². The van der Waals surface area contributed by atoms with Crippen LogP contribution in [0.3, 0.4) is 0 Å². The first-order valence-electron chi connectivity index (χ1n) is 12.2. The monoisotopic (exact) mass is 466 g/mol. The summed E-state index contributed by atoms with van der Waals surface area (Å²) in [4.78, 5) is 24.4. The summed E-state index contributed by atoms with van der Waals surface area (Å²) in [5, 5.41) is 10.9. The summed E-state index contributed by atoms with van der Waals surface area (Å²) in [6.45, 7) is 6.96. The van der Waals surface area contributed by atoms with Crippen molar-refractivity contribution >= 4 is 22.5 Å². The molecule has 5 rings (SSSR count). The van der Waals surface area contributed by atoms with Gasteiger partial charge in [-0.2, -0.15) is 5.10 Å². The number of likely N-dealkylation sites (tertiary alicyclic amines) is 1. The van der Waals surface area contributed by atoms with Crippen molar-refractivity contribution < 1.29 is 4.79 Å². The molecule has 1 fully saturated rings. The van der Waals surface area contributed by atoms with Gasteiger partial charge in [0.05, 0.1) is 17.4 Å². The van der Waals surface area contributed by atoms with Crippen LogP contribution in [0.4, 0.5) is 5.69 Å². The van der Waals surface area contributed by atoms with Crippen molar-refractivity contribution in [3.05, 3.63) is 84.6 Å². The van der Waals surface area contributed by atoms with E-state index in [1.54, 1.807) is 6.20 Å². The molecule has 0 saturated carbocycles. The lowest BCUT2D eigenvalue weighted by molar-refractivity contribution is 0.102. The van der Waals surface area contributed by atoms with E-state index in [1.165, 1.54) is 24.8 Å². The number of allylic oxidation sites excluding steroid dienone is 1. The maximum Gasteiger partial charge on any atom is 0.276 e. The van der Waals surface area contributed by atoms with Crippen molar-refractivity contribution in [1.82, 2.24) is 25.1 Å². The van der Waals surface area contributed by atoms with E-state index in [-0.39, 0.29) is 5.91 Å². The van der Waals surface area contributed by atoms with Crippen LogP contribution in [0.15, 0.2) is 67.6 Å². The molecule has 2 N–H and O–H groups in total. The number of carbonyl (C=O) groups excluding carboxylic acids is 1. The van der Waals surface area contributed by atoms with E-state index in [1.807, 2.05) is 48.8 Å². The van der Waals surface area contributed by atoms with E-state index in [4.69, 9.17) is 0 Å². The van der Waals surface area contributed by atoms with Crippen LogP contribution in [0.5, 0.6) is 0 Å². The first-order valence-corrected chi connectivity index (χ1v) is 12.2.